The largest absolute Gasteiger partial charge is 0.339 e. The van der Waals surface area contributed by atoms with Gasteiger partial charge in [0, 0.05) is 13.5 Å². The van der Waals surface area contributed by atoms with Crippen molar-refractivity contribution in [3.8, 4) is 0 Å². The number of nitrogens with one attached hydrogen (secondary N) is 1. The molecule has 3 heterocycles. The Balaban J connectivity index is 1.75. The first kappa shape index (κ1) is 15.3. The summed E-state index contributed by atoms with van der Waals surface area (Å²) in [4.78, 5) is 11.2. The van der Waals surface area contributed by atoms with E-state index in [1.54, 1.807) is 12.1 Å². The molecule has 0 saturated carbocycles. The van der Waals surface area contributed by atoms with Gasteiger partial charge in [0.15, 0.2) is 5.82 Å². The maximum absolute atomic E-state index is 13.1. The second kappa shape index (κ2) is 5.67. The number of hydrogen-bond donors (Lipinski definition) is 1. The van der Waals surface area contributed by atoms with Gasteiger partial charge in [0.1, 0.15) is 0 Å². The van der Waals surface area contributed by atoms with Gasteiger partial charge in [-0.3, -0.25) is 0 Å². The molecule has 125 valence electrons. The van der Waals surface area contributed by atoms with Crippen LogP contribution < -0.4 is 0 Å². The molecule has 0 amide bonds. The number of hydrogen-bond acceptors (Lipinski definition) is 6. The Morgan fingerprint density at radius 3 is 2.83 bits per heavy atom. The summed E-state index contributed by atoms with van der Waals surface area (Å²) >= 11 is 0. The van der Waals surface area contributed by atoms with Crippen LogP contribution in [0.3, 0.4) is 0 Å². The van der Waals surface area contributed by atoms with Gasteiger partial charge in [-0.2, -0.15) is 9.29 Å². The molecule has 0 bridgehead atoms. The van der Waals surface area contributed by atoms with Crippen LogP contribution in [0.25, 0.3) is 11.0 Å². The molecule has 1 aliphatic heterocycles. The lowest BCUT2D eigenvalue weighted by atomic mass is 10.0. The standard InChI is InChI=1S/C15H16N5O3S/c1-10-16-14(19-23-10)13-8-4-5-9-20(13)24(21,22)15-17-11-6-2-3-7-12(11)18-15/h2-3,6-7,13H,1,4-5,8-9H2,(H,17,18). The zero-order valence-electron chi connectivity index (χ0n) is 12.8. The summed E-state index contributed by atoms with van der Waals surface area (Å²) in [5.41, 5.74) is 1.30. The molecule has 24 heavy (non-hydrogen) atoms. The van der Waals surface area contributed by atoms with Crippen LogP contribution in [0.4, 0.5) is 0 Å². The summed E-state index contributed by atoms with van der Waals surface area (Å²) in [5.74, 6) is 0.524. The molecular weight excluding hydrogens is 330 g/mol. The molecule has 1 saturated heterocycles. The van der Waals surface area contributed by atoms with Crippen LogP contribution in [0.5, 0.6) is 0 Å². The Labute approximate surface area is 138 Å². The Hall–Kier alpha value is -2.26. The lowest BCUT2D eigenvalue weighted by molar-refractivity contribution is 0.239. The molecule has 1 fully saturated rings. The van der Waals surface area contributed by atoms with E-state index < -0.39 is 16.1 Å². The van der Waals surface area contributed by atoms with Crippen molar-refractivity contribution in [2.24, 2.45) is 0 Å². The molecule has 4 rings (SSSR count). The van der Waals surface area contributed by atoms with Gasteiger partial charge in [-0.25, -0.2) is 13.4 Å². The van der Waals surface area contributed by atoms with Crippen molar-refractivity contribution in [2.45, 2.75) is 30.5 Å². The molecule has 8 nitrogen and oxygen atoms in total. The normalized spacial score (nSPS) is 19.8. The van der Waals surface area contributed by atoms with Crippen molar-refractivity contribution < 1.29 is 12.9 Å². The van der Waals surface area contributed by atoms with Gasteiger partial charge in [-0.05, 0) is 25.0 Å². The zero-order chi connectivity index (χ0) is 16.7. The number of H-pyrrole nitrogens is 1. The Bertz CT molecular complexity index is 945. The van der Waals surface area contributed by atoms with Crippen molar-refractivity contribution in [3.63, 3.8) is 0 Å². The second-order valence-electron chi connectivity index (χ2n) is 5.73. The van der Waals surface area contributed by atoms with E-state index in [9.17, 15) is 8.42 Å². The van der Waals surface area contributed by atoms with Gasteiger partial charge in [-0.15, -0.1) is 0 Å². The van der Waals surface area contributed by atoms with Gasteiger partial charge < -0.3 is 9.51 Å². The first-order valence-electron chi connectivity index (χ1n) is 7.68. The topological polar surface area (TPSA) is 105 Å². The number of rotatable bonds is 3. The van der Waals surface area contributed by atoms with Crippen LogP contribution in [0.1, 0.15) is 37.0 Å². The van der Waals surface area contributed by atoms with Gasteiger partial charge >= 0.3 is 0 Å². The molecule has 1 aromatic carbocycles. The highest BCUT2D eigenvalue weighted by Crippen LogP contribution is 2.33. The SMILES string of the molecule is [CH2]c1nc(C2CCCCN2S(=O)(=O)c2nc3ccccc3[nH]2)no1. The Kier molecular flexibility index (Phi) is 3.61. The third-order valence-corrected chi connectivity index (χ3v) is 5.89. The Morgan fingerprint density at radius 1 is 1.25 bits per heavy atom. The number of fused-ring (bicyclic) bond motifs is 1. The highest BCUT2D eigenvalue weighted by atomic mass is 32.2. The van der Waals surface area contributed by atoms with Gasteiger partial charge in [0.2, 0.25) is 11.0 Å². The van der Waals surface area contributed by atoms with E-state index in [1.807, 2.05) is 12.1 Å². The van der Waals surface area contributed by atoms with Crippen LogP contribution in [-0.2, 0) is 10.0 Å². The highest BCUT2D eigenvalue weighted by Gasteiger charge is 2.38. The minimum atomic E-state index is -3.79. The highest BCUT2D eigenvalue weighted by molar-refractivity contribution is 7.89. The van der Waals surface area contributed by atoms with E-state index in [-0.39, 0.29) is 11.0 Å². The molecule has 3 aromatic rings. The summed E-state index contributed by atoms with van der Waals surface area (Å²) in [6.07, 6.45) is 2.32. The predicted octanol–water partition coefficient (Wildman–Crippen LogP) is 2.04. The van der Waals surface area contributed by atoms with Crippen molar-refractivity contribution in [1.82, 2.24) is 24.4 Å². The van der Waals surface area contributed by atoms with E-state index in [0.717, 1.165) is 12.8 Å². The second-order valence-corrected chi connectivity index (χ2v) is 7.54. The Morgan fingerprint density at radius 2 is 2.08 bits per heavy atom. The summed E-state index contributed by atoms with van der Waals surface area (Å²) in [5, 5.41) is 3.79. The van der Waals surface area contributed by atoms with Gasteiger partial charge in [0.05, 0.1) is 17.1 Å². The molecule has 1 N–H and O–H groups in total. The number of nitrogens with zero attached hydrogens (tertiary/aromatic N) is 4. The third kappa shape index (κ3) is 2.49. The van der Waals surface area contributed by atoms with Crippen LogP contribution >= 0.6 is 0 Å². The lowest BCUT2D eigenvalue weighted by Gasteiger charge is -2.31. The van der Waals surface area contributed by atoms with Crippen molar-refractivity contribution >= 4 is 21.1 Å². The molecule has 1 radical (unpaired) electrons. The molecule has 9 heteroatoms. The van der Waals surface area contributed by atoms with Gasteiger partial charge in [-0.1, -0.05) is 23.7 Å². The smallest absolute Gasteiger partial charge is 0.277 e. The van der Waals surface area contributed by atoms with E-state index in [1.165, 1.54) is 4.31 Å². The fourth-order valence-electron chi connectivity index (χ4n) is 3.02. The quantitative estimate of drug-likeness (QED) is 0.778. The maximum atomic E-state index is 13.1. The number of imidazole rings is 1. The molecule has 0 spiro atoms. The molecule has 1 unspecified atom stereocenters. The summed E-state index contributed by atoms with van der Waals surface area (Å²) in [7, 11) is -3.79. The van der Waals surface area contributed by atoms with Crippen LogP contribution in [0, 0.1) is 6.92 Å². The van der Waals surface area contributed by atoms with E-state index >= 15 is 0 Å². The monoisotopic (exact) mass is 346 g/mol. The van der Waals surface area contributed by atoms with Crippen molar-refractivity contribution in [1.29, 1.82) is 0 Å². The van der Waals surface area contributed by atoms with Crippen LogP contribution in [0.15, 0.2) is 33.9 Å². The molecule has 1 atom stereocenters. The minimum Gasteiger partial charge on any atom is -0.339 e. The molecule has 1 aliphatic rings. The number of sulfonamides is 1. The van der Waals surface area contributed by atoms with Crippen molar-refractivity contribution in [3.05, 3.63) is 42.9 Å². The maximum Gasteiger partial charge on any atom is 0.277 e. The summed E-state index contributed by atoms with van der Waals surface area (Å²) in [6, 6.07) is 6.75. The lowest BCUT2D eigenvalue weighted by Crippen LogP contribution is -2.39. The van der Waals surface area contributed by atoms with Crippen molar-refractivity contribution in [2.75, 3.05) is 6.54 Å². The number of benzene rings is 1. The van der Waals surface area contributed by atoms with E-state index in [2.05, 4.69) is 27.0 Å². The average Bonchev–Trinajstić information content (AvgIpc) is 3.21. The summed E-state index contributed by atoms with van der Waals surface area (Å²) in [6.45, 7) is 3.98. The predicted molar refractivity (Wildman–Crippen MR) is 85.3 cm³/mol. The first-order valence-corrected chi connectivity index (χ1v) is 9.12. The van der Waals surface area contributed by atoms with Crippen LogP contribution in [0.2, 0.25) is 0 Å². The molecular formula is C15H16N5O3S. The third-order valence-electron chi connectivity index (χ3n) is 4.16. The number of aromatic nitrogens is 4. The number of para-hydroxylation sites is 2. The average molecular weight is 346 g/mol. The van der Waals surface area contributed by atoms with Gasteiger partial charge in [0.25, 0.3) is 10.0 Å². The number of piperidine rings is 1. The fraction of sp³-hybridized carbons (Fsp3) is 0.333. The fourth-order valence-corrected chi connectivity index (χ4v) is 4.60. The number of aromatic amines is 1. The first-order chi connectivity index (χ1) is 11.6. The van der Waals surface area contributed by atoms with E-state index in [0.29, 0.717) is 29.8 Å². The van der Waals surface area contributed by atoms with Crippen LogP contribution in [-0.4, -0.2) is 39.4 Å². The van der Waals surface area contributed by atoms with E-state index in [4.69, 9.17) is 4.52 Å². The molecule has 0 aliphatic carbocycles. The minimum absolute atomic E-state index is 0.0612. The summed E-state index contributed by atoms with van der Waals surface area (Å²) < 4.78 is 32.5. The molecule has 2 aromatic heterocycles. The zero-order valence-corrected chi connectivity index (χ0v) is 13.7.